The molecule has 9 heteroatoms. The Kier molecular flexibility index (Phi) is 4.76. The third kappa shape index (κ3) is 3.57. The third-order valence-electron chi connectivity index (χ3n) is 4.85. The molecule has 0 aliphatic carbocycles. The zero-order valence-electron chi connectivity index (χ0n) is 15.9. The van der Waals surface area contributed by atoms with Crippen LogP contribution in [-0.4, -0.2) is 31.9 Å². The van der Waals surface area contributed by atoms with Crippen LogP contribution in [0.3, 0.4) is 0 Å². The van der Waals surface area contributed by atoms with Gasteiger partial charge in [-0.3, -0.25) is 15.1 Å². The van der Waals surface area contributed by atoms with Crippen molar-refractivity contribution in [1.29, 1.82) is 0 Å². The van der Waals surface area contributed by atoms with E-state index in [-0.39, 0.29) is 12.4 Å². The second kappa shape index (κ2) is 7.73. The zero-order chi connectivity index (χ0) is 21.4. The van der Waals surface area contributed by atoms with Crippen LogP contribution in [0.4, 0.5) is 16.3 Å². The lowest BCUT2D eigenvalue weighted by molar-refractivity contribution is 0.111. The number of nitrogens with zero attached hydrogens (tertiary/aromatic N) is 4. The highest BCUT2D eigenvalue weighted by molar-refractivity contribution is 6.31. The van der Waals surface area contributed by atoms with E-state index in [0.717, 1.165) is 11.1 Å². The summed E-state index contributed by atoms with van der Waals surface area (Å²) >= 11 is 6.27. The van der Waals surface area contributed by atoms with Gasteiger partial charge in [-0.05, 0) is 24.3 Å². The van der Waals surface area contributed by atoms with Crippen molar-refractivity contribution >= 4 is 35.5 Å². The number of carbonyl (C=O) groups is 1. The number of benzene rings is 2. The Bertz CT molecular complexity index is 1350. The second-order valence-electron chi connectivity index (χ2n) is 6.83. The van der Waals surface area contributed by atoms with Gasteiger partial charge in [0.1, 0.15) is 5.82 Å². The highest BCUT2D eigenvalue weighted by Crippen LogP contribution is 2.34. The number of H-pyrrole nitrogens is 1. The van der Waals surface area contributed by atoms with Gasteiger partial charge in [-0.2, -0.15) is 0 Å². The van der Waals surface area contributed by atoms with Crippen molar-refractivity contribution in [3.63, 3.8) is 0 Å². The summed E-state index contributed by atoms with van der Waals surface area (Å²) in [5.74, 6) is 0.270. The second-order valence-corrected chi connectivity index (χ2v) is 7.27. The van der Waals surface area contributed by atoms with E-state index >= 15 is 0 Å². The van der Waals surface area contributed by atoms with Gasteiger partial charge in [-0.15, -0.1) is 0 Å². The molecule has 4 aromatic rings. The van der Waals surface area contributed by atoms with Crippen LogP contribution in [0.5, 0.6) is 0 Å². The lowest BCUT2D eigenvalue weighted by Gasteiger charge is -2.12. The van der Waals surface area contributed by atoms with Gasteiger partial charge >= 0.3 is 0 Å². The van der Waals surface area contributed by atoms with Gasteiger partial charge in [0, 0.05) is 33.5 Å². The molecule has 1 aliphatic heterocycles. The topological polar surface area (TPSA) is 95.9 Å². The molecule has 0 bridgehead atoms. The zero-order valence-corrected chi connectivity index (χ0v) is 16.7. The lowest BCUT2D eigenvalue weighted by atomic mass is 9.95. The molecule has 0 fully saturated rings. The summed E-state index contributed by atoms with van der Waals surface area (Å²) in [5.41, 5.74) is 4.11. The largest absolute Gasteiger partial charge is 0.322 e. The average molecular weight is 433 g/mol. The number of anilines is 2. The monoisotopic (exact) mass is 432 g/mol. The molecule has 3 heterocycles. The van der Waals surface area contributed by atoms with Crippen molar-refractivity contribution in [3.8, 4) is 11.3 Å². The first kappa shape index (κ1) is 19.1. The summed E-state index contributed by atoms with van der Waals surface area (Å²) in [7, 11) is 0. The maximum Gasteiger partial charge on any atom is 0.230 e. The van der Waals surface area contributed by atoms with E-state index in [0.29, 0.717) is 51.4 Å². The Balaban J connectivity index is 1.62. The number of nitrogens with one attached hydrogen (secondary N) is 2. The van der Waals surface area contributed by atoms with Gasteiger partial charge in [0.25, 0.3) is 0 Å². The van der Waals surface area contributed by atoms with Crippen molar-refractivity contribution in [2.75, 3.05) is 5.32 Å². The van der Waals surface area contributed by atoms with Crippen LogP contribution in [0.25, 0.3) is 11.3 Å². The highest BCUT2D eigenvalue weighted by Gasteiger charge is 2.23. The number of aldehydes is 1. The van der Waals surface area contributed by atoms with Crippen molar-refractivity contribution in [3.05, 3.63) is 88.1 Å². The first-order chi connectivity index (χ1) is 15.1. The molecule has 7 nitrogen and oxygen atoms in total. The molecular weight excluding hydrogens is 419 g/mol. The van der Waals surface area contributed by atoms with Crippen molar-refractivity contribution in [1.82, 2.24) is 19.9 Å². The van der Waals surface area contributed by atoms with E-state index in [1.165, 1.54) is 12.3 Å². The summed E-state index contributed by atoms with van der Waals surface area (Å²) < 4.78 is 14.6. The number of rotatable bonds is 4. The van der Waals surface area contributed by atoms with Crippen LogP contribution >= 0.6 is 11.6 Å². The van der Waals surface area contributed by atoms with E-state index in [2.05, 4.69) is 30.2 Å². The first-order valence-corrected chi connectivity index (χ1v) is 9.73. The van der Waals surface area contributed by atoms with E-state index in [4.69, 9.17) is 11.6 Å². The number of hydrogen-bond acceptors (Lipinski definition) is 6. The number of aromatic nitrogens is 4. The third-order valence-corrected chi connectivity index (χ3v) is 5.08. The van der Waals surface area contributed by atoms with Crippen molar-refractivity contribution in [2.24, 2.45) is 4.99 Å². The molecule has 0 amide bonds. The predicted molar refractivity (Wildman–Crippen MR) is 115 cm³/mol. The number of imidazole rings is 1. The Morgan fingerprint density at radius 1 is 1.06 bits per heavy atom. The fourth-order valence-electron chi connectivity index (χ4n) is 3.43. The maximum atomic E-state index is 14.6. The quantitative estimate of drug-likeness (QED) is 0.460. The molecule has 5 rings (SSSR count). The Hall–Kier alpha value is -3.91. The molecule has 0 atom stereocenters. The summed E-state index contributed by atoms with van der Waals surface area (Å²) in [5, 5.41) is 3.46. The number of carbonyl (C=O) groups excluding carboxylic acids is 1. The smallest absolute Gasteiger partial charge is 0.230 e. The Morgan fingerprint density at radius 2 is 1.94 bits per heavy atom. The fourth-order valence-corrected chi connectivity index (χ4v) is 3.60. The summed E-state index contributed by atoms with van der Waals surface area (Å²) in [6.07, 6.45) is 3.74. The van der Waals surface area contributed by atoms with Crippen LogP contribution in [0.15, 0.2) is 59.9 Å². The molecule has 31 heavy (non-hydrogen) atoms. The van der Waals surface area contributed by atoms with Crippen molar-refractivity contribution in [2.45, 2.75) is 6.54 Å². The predicted octanol–water partition coefficient (Wildman–Crippen LogP) is 4.57. The van der Waals surface area contributed by atoms with Gasteiger partial charge in [0.15, 0.2) is 6.29 Å². The molecule has 1 aliphatic rings. The first-order valence-electron chi connectivity index (χ1n) is 9.35. The minimum atomic E-state index is -0.365. The van der Waals surface area contributed by atoms with Gasteiger partial charge in [0.05, 0.1) is 29.8 Å². The van der Waals surface area contributed by atoms with Crippen LogP contribution < -0.4 is 5.32 Å². The molecule has 2 aromatic carbocycles. The van der Waals surface area contributed by atoms with Gasteiger partial charge in [-0.25, -0.2) is 19.3 Å². The molecule has 0 spiro atoms. The van der Waals surface area contributed by atoms with Crippen LogP contribution in [-0.2, 0) is 6.54 Å². The van der Waals surface area contributed by atoms with E-state index in [1.54, 1.807) is 36.5 Å². The van der Waals surface area contributed by atoms with Crippen LogP contribution in [0, 0.1) is 5.82 Å². The SMILES string of the molecule is O=Cc1cnc(Nc2ncc3c(n2)-c2ccc(Cl)cc2C(c2ccccc2F)=NC3)[nH]1. The number of fused-ring (bicyclic) bond motifs is 3. The number of aromatic amines is 1. The summed E-state index contributed by atoms with van der Waals surface area (Å²) in [4.78, 5) is 31.4. The standard InChI is InChI=1S/C22H14ClFN6O/c23-13-5-6-15-17(7-13)20(16-3-1-2-4-18(16)24)25-8-12-9-26-22(29-19(12)15)30-21-27-10-14(11-31)28-21/h1-7,9-11H,8H2,(H2,26,27,28,29,30). The van der Waals surface area contributed by atoms with E-state index in [9.17, 15) is 9.18 Å². The van der Waals surface area contributed by atoms with E-state index < -0.39 is 0 Å². The highest BCUT2D eigenvalue weighted by atomic mass is 35.5. The molecule has 2 N–H and O–H groups in total. The number of halogens is 2. The minimum absolute atomic E-state index is 0.279. The van der Waals surface area contributed by atoms with Crippen molar-refractivity contribution < 1.29 is 9.18 Å². The molecule has 0 unspecified atom stereocenters. The van der Waals surface area contributed by atoms with Gasteiger partial charge in [0.2, 0.25) is 11.9 Å². The molecule has 0 saturated heterocycles. The molecule has 2 aromatic heterocycles. The molecule has 152 valence electrons. The maximum absolute atomic E-state index is 14.6. The molecule has 0 saturated carbocycles. The normalized spacial score (nSPS) is 12.4. The summed E-state index contributed by atoms with van der Waals surface area (Å²) in [6.45, 7) is 0.279. The van der Waals surface area contributed by atoms with Crippen LogP contribution in [0.2, 0.25) is 5.02 Å². The molecule has 0 radical (unpaired) electrons. The minimum Gasteiger partial charge on any atom is -0.322 e. The molecular formula is C22H14ClFN6O. The van der Waals surface area contributed by atoms with Gasteiger partial charge < -0.3 is 4.98 Å². The Labute approximate surface area is 181 Å². The average Bonchev–Trinajstić information content (AvgIpc) is 3.17. The fraction of sp³-hybridized carbons (Fsp3) is 0.0455. The number of aliphatic imine (C=N–C) groups is 1. The van der Waals surface area contributed by atoms with Crippen LogP contribution in [0.1, 0.15) is 27.2 Å². The summed E-state index contributed by atoms with van der Waals surface area (Å²) in [6, 6.07) is 11.8. The van der Waals surface area contributed by atoms with Gasteiger partial charge in [-0.1, -0.05) is 29.8 Å². The lowest BCUT2D eigenvalue weighted by Crippen LogP contribution is -2.07. The van der Waals surface area contributed by atoms with E-state index in [1.807, 2.05) is 6.07 Å². The number of hydrogen-bond donors (Lipinski definition) is 2. The Morgan fingerprint density at radius 3 is 2.74 bits per heavy atom.